The zero-order valence-corrected chi connectivity index (χ0v) is 9.39. The molecule has 1 unspecified atom stereocenters. The summed E-state index contributed by atoms with van der Waals surface area (Å²) in [7, 11) is 0. The molecule has 1 aromatic rings. The Morgan fingerprint density at radius 2 is 2.25 bits per heavy atom. The average Bonchev–Trinajstić information content (AvgIpc) is 2.31. The fourth-order valence-electron chi connectivity index (χ4n) is 1.72. The molecule has 2 rings (SSSR count). The molecule has 1 aromatic carbocycles. The predicted molar refractivity (Wildman–Crippen MR) is 59.4 cm³/mol. The van der Waals surface area contributed by atoms with Crippen LogP contribution >= 0.6 is 34.2 Å². The van der Waals surface area contributed by atoms with E-state index in [1.807, 2.05) is 12.1 Å². The molecule has 0 amide bonds. The van der Waals surface area contributed by atoms with Gasteiger partial charge in [0.15, 0.2) is 0 Å². The molecule has 0 saturated carbocycles. The second-order valence-corrected chi connectivity index (χ2v) is 4.70. The summed E-state index contributed by atoms with van der Waals surface area (Å²) in [5, 5.41) is 0.826. The lowest BCUT2D eigenvalue weighted by Crippen LogP contribution is -2.06. The molecule has 1 atom stereocenters. The SMILES string of the molecule is NC1CCc2cc(Cl)cc(I)c21. The van der Waals surface area contributed by atoms with Gasteiger partial charge in [-0.05, 0) is 58.7 Å². The summed E-state index contributed by atoms with van der Waals surface area (Å²) in [4.78, 5) is 0. The molecule has 1 aliphatic carbocycles. The molecule has 12 heavy (non-hydrogen) atoms. The minimum absolute atomic E-state index is 0.226. The highest BCUT2D eigenvalue weighted by Gasteiger charge is 2.21. The Morgan fingerprint density at radius 1 is 1.50 bits per heavy atom. The van der Waals surface area contributed by atoms with Crippen LogP contribution in [0.15, 0.2) is 12.1 Å². The third-order valence-electron chi connectivity index (χ3n) is 2.28. The fourth-order valence-corrected chi connectivity index (χ4v) is 3.22. The van der Waals surface area contributed by atoms with Gasteiger partial charge in [-0.3, -0.25) is 0 Å². The highest BCUT2D eigenvalue weighted by Crippen LogP contribution is 2.34. The smallest absolute Gasteiger partial charge is 0.0419 e. The van der Waals surface area contributed by atoms with Gasteiger partial charge in [-0.15, -0.1) is 0 Å². The predicted octanol–water partition coefficient (Wildman–Crippen LogP) is 2.89. The zero-order valence-electron chi connectivity index (χ0n) is 6.48. The van der Waals surface area contributed by atoms with Crippen LogP contribution in [0.2, 0.25) is 5.02 Å². The molecule has 0 fully saturated rings. The van der Waals surface area contributed by atoms with Gasteiger partial charge >= 0.3 is 0 Å². The Morgan fingerprint density at radius 3 is 3.00 bits per heavy atom. The Labute approximate surface area is 90.4 Å². The number of benzene rings is 1. The lowest BCUT2D eigenvalue weighted by atomic mass is 10.1. The second-order valence-electron chi connectivity index (χ2n) is 3.11. The molecule has 64 valence electrons. The molecule has 2 N–H and O–H groups in total. The van der Waals surface area contributed by atoms with E-state index in [1.165, 1.54) is 14.7 Å². The van der Waals surface area contributed by atoms with Gasteiger partial charge in [-0.1, -0.05) is 11.6 Å². The van der Waals surface area contributed by atoms with Crippen LogP contribution in [0.5, 0.6) is 0 Å². The molecule has 1 nitrogen and oxygen atoms in total. The van der Waals surface area contributed by atoms with Crippen molar-refractivity contribution in [1.82, 2.24) is 0 Å². The number of nitrogens with two attached hydrogens (primary N) is 1. The van der Waals surface area contributed by atoms with E-state index in [-0.39, 0.29) is 6.04 Å². The minimum atomic E-state index is 0.226. The van der Waals surface area contributed by atoms with Crippen LogP contribution in [-0.2, 0) is 6.42 Å². The Kier molecular flexibility index (Phi) is 2.31. The number of hydrogen-bond acceptors (Lipinski definition) is 1. The molecule has 0 saturated heterocycles. The normalized spacial score (nSPS) is 21.1. The maximum atomic E-state index is 5.95. The summed E-state index contributed by atoms with van der Waals surface area (Å²) in [6, 6.07) is 4.24. The third kappa shape index (κ3) is 1.36. The van der Waals surface area contributed by atoms with Gasteiger partial charge in [-0.25, -0.2) is 0 Å². The van der Waals surface area contributed by atoms with Crippen molar-refractivity contribution in [2.75, 3.05) is 0 Å². The van der Waals surface area contributed by atoms with E-state index in [2.05, 4.69) is 22.6 Å². The van der Waals surface area contributed by atoms with Gasteiger partial charge in [0.25, 0.3) is 0 Å². The lowest BCUT2D eigenvalue weighted by Gasteiger charge is -2.07. The second kappa shape index (κ2) is 3.16. The summed E-state index contributed by atoms with van der Waals surface area (Å²) in [5.41, 5.74) is 8.59. The van der Waals surface area contributed by atoms with E-state index in [0.717, 1.165) is 17.9 Å². The molecule has 0 radical (unpaired) electrons. The summed E-state index contributed by atoms with van der Waals surface area (Å²) in [5.74, 6) is 0. The quantitative estimate of drug-likeness (QED) is 0.731. The van der Waals surface area contributed by atoms with Crippen molar-refractivity contribution in [2.24, 2.45) is 5.73 Å². The summed E-state index contributed by atoms with van der Waals surface area (Å²) in [6.45, 7) is 0. The van der Waals surface area contributed by atoms with E-state index >= 15 is 0 Å². The number of fused-ring (bicyclic) bond motifs is 1. The van der Waals surface area contributed by atoms with E-state index < -0.39 is 0 Å². The zero-order chi connectivity index (χ0) is 8.72. The first kappa shape index (κ1) is 8.78. The maximum absolute atomic E-state index is 5.95. The van der Waals surface area contributed by atoms with Crippen LogP contribution in [0, 0.1) is 3.57 Å². The van der Waals surface area contributed by atoms with Crippen molar-refractivity contribution in [1.29, 1.82) is 0 Å². The standard InChI is InChI=1S/C9H9ClIN/c10-6-3-5-1-2-8(12)9(5)7(11)4-6/h3-4,8H,1-2,12H2. The number of halogens is 2. The highest BCUT2D eigenvalue weighted by atomic mass is 127. The van der Waals surface area contributed by atoms with E-state index in [9.17, 15) is 0 Å². The van der Waals surface area contributed by atoms with Crippen LogP contribution < -0.4 is 5.73 Å². The van der Waals surface area contributed by atoms with Crippen LogP contribution in [0.3, 0.4) is 0 Å². The highest BCUT2D eigenvalue weighted by molar-refractivity contribution is 14.1. The van der Waals surface area contributed by atoms with Crippen LogP contribution in [0.1, 0.15) is 23.6 Å². The fraction of sp³-hybridized carbons (Fsp3) is 0.333. The largest absolute Gasteiger partial charge is 0.324 e. The van der Waals surface area contributed by atoms with Gasteiger partial charge in [0.1, 0.15) is 0 Å². The lowest BCUT2D eigenvalue weighted by molar-refractivity contribution is 0.711. The molecule has 0 bridgehead atoms. The number of rotatable bonds is 0. The average molecular weight is 294 g/mol. The van der Waals surface area contributed by atoms with Gasteiger partial charge in [0.05, 0.1) is 0 Å². The molecule has 1 aliphatic rings. The Bertz CT molecular complexity index is 325. The molecule has 0 spiro atoms. The van der Waals surface area contributed by atoms with Crippen LogP contribution in [0.25, 0.3) is 0 Å². The molecule has 0 aliphatic heterocycles. The van der Waals surface area contributed by atoms with Crippen molar-refractivity contribution in [3.8, 4) is 0 Å². The minimum Gasteiger partial charge on any atom is -0.324 e. The van der Waals surface area contributed by atoms with E-state index in [4.69, 9.17) is 17.3 Å². The van der Waals surface area contributed by atoms with Crippen molar-refractivity contribution >= 4 is 34.2 Å². The number of aryl methyl sites for hydroxylation is 1. The van der Waals surface area contributed by atoms with Gasteiger partial charge in [0, 0.05) is 14.6 Å². The third-order valence-corrected chi connectivity index (χ3v) is 3.39. The van der Waals surface area contributed by atoms with Crippen LogP contribution in [-0.4, -0.2) is 0 Å². The molecular weight excluding hydrogens is 284 g/mol. The van der Waals surface area contributed by atoms with Crippen molar-refractivity contribution < 1.29 is 0 Å². The molecule has 0 heterocycles. The monoisotopic (exact) mass is 293 g/mol. The first-order valence-electron chi connectivity index (χ1n) is 3.92. The van der Waals surface area contributed by atoms with Crippen molar-refractivity contribution in [3.63, 3.8) is 0 Å². The Hall–Kier alpha value is 0.200. The maximum Gasteiger partial charge on any atom is 0.0419 e. The van der Waals surface area contributed by atoms with Gasteiger partial charge in [0.2, 0.25) is 0 Å². The summed E-state index contributed by atoms with van der Waals surface area (Å²) in [6.07, 6.45) is 2.14. The van der Waals surface area contributed by atoms with E-state index in [0.29, 0.717) is 0 Å². The van der Waals surface area contributed by atoms with Gasteiger partial charge < -0.3 is 5.73 Å². The first-order valence-corrected chi connectivity index (χ1v) is 5.37. The topological polar surface area (TPSA) is 26.0 Å². The molecule has 3 heteroatoms. The van der Waals surface area contributed by atoms with Crippen molar-refractivity contribution in [3.05, 3.63) is 31.9 Å². The van der Waals surface area contributed by atoms with Gasteiger partial charge in [-0.2, -0.15) is 0 Å². The van der Waals surface area contributed by atoms with Crippen LogP contribution in [0.4, 0.5) is 0 Å². The Balaban J connectivity index is 2.60. The first-order chi connectivity index (χ1) is 5.68. The summed E-state index contributed by atoms with van der Waals surface area (Å²) >= 11 is 8.23. The van der Waals surface area contributed by atoms with E-state index in [1.54, 1.807) is 0 Å². The van der Waals surface area contributed by atoms with Crippen molar-refractivity contribution in [2.45, 2.75) is 18.9 Å². The molecular formula is C9H9ClIN. The molecule has 0 aromatic heterocycles. The summed E-state index contributed by atoms with van der Waals surface area (Å²) < 4.78 is 1.21. The number of hydrogen-bond donors (Lipinski definition) is 1.